The first-order valence-electron chi connectivity index (χ1n) is 3.90. The van der Waals surface area contributed by atoms with Gasteiger partial charge in [0, 0.05) is 7.11 Å². The molecule has 0 aromatic rings. The van der Waals surface area contributed by atoms with Crippen molar-refractivity contribution >= 4 is 11.6 Å². The molecule has 3 N–H and O–H groups in total. The van der Waals surface area contributed by atoms with Crippen LogP contribution in [-0.4, -0.2) is 59.0 Å². The van der Waals surface area contributed by atoms with E-state index in [1.807, 2.05) is 0 Å². The molecular weight excluding hydrogens is 200 g/mol. The van der Waals surface area contributed by atoms with E-state index in [1.165, 1.54) is 7.11 Å². The lowest BCUT2D eigenvalue weighted by molar-refractivity contribution is -0.285. The smallest absolute Gasteiger partial charge is 0.186 e. The molecule has 1 saturated heterocycles. The number of methoxy groups -OCH3 is 1. The molecule has 1 rings (SSSR count). The maximum absolute atomic E-state index is 9.35. The molecule has 6 heteroatoms. The standard InChI is InChI=1S/C7H13ClO5/c1-12-7-6(11)5(10)4(9)3(2-8)13-7/h3-7,9-11H,2H2,1H3/t3-,4+,5+,6+,7+/m0/s1. The van der Waals surface area contributed by atoms with Gasteiger partial charge in [-0.3, -0.25) is 0 Å². The van der Waals surface area contributed by atoms with Gasteiger partial charge in [-0.15, -0.1) is 11.6 Å². The first-order valence-corrected chi connectivity index (χ1v) is 4.43. The van der Waals surface area contributed by atoms with E-state index in [0.29, 0.717) is 0 Å². The Labute approximate surface area is 80.8 Å². The van der Waals surface area contributed by atoms with Crippen LogP contribution in [0.15, 0.2) is 0 Å². The quantitative estimate of drug-likeness (QED) is 0.495. The van der Waals surface area contributed by atoms with Crippen molar-refractivity contribution in [1.82, 2.24) is 0 Å². The van der Waals surface area contributed by atoms with Crippen molar-refractivity contribution in [1.29, 1.82) is 0 Å². The summed E-state index contributed by atoms with van der Waals surface area (Å²) in [5, 5.41) is 28.0. The fraction of sp³-hybridized carbons (Fsp3) is 1.00. The highest BCUT2D eigenvalue weighted by Gasteiger charge is 2.43. The van der Waals surface area contributed by atoms with Crippen LogP contribution in [0.4, 0.5) is 0 Å². The zero-order valence-electron chi connectivity index (χ0n) is 7.13. The summed E-state index contributed by atoms with van der Waals surface area (Å²) in [6.07, 6.45) is -5.38. The molecule has 1 aliphatic rings. The Morgan fingerprint density at radius 3 is 2.31 bits per heavy atom. The van der Waals surface area contributed by atoms with E-state index >= 15 is 0 Å². The van der Waals surface area contributed by atoms with Crippen LogP contribution in [0.1, 0.15) is 0 Å². The molecule has 78 valence electrons. The van der Waals surface area contributed by atoms with E-state index in [0.717, 1.165) is 0 Å². The largest absolute Gasteiger partial charge is 0.388 e. The first kappa shape index (κ1) is 11.2. The Morgan fingerprint density at radius 1 is 1.23 bits per heavy atom. The van der Waals surface area contributed by atoms with Gasteiger partial charge in [-0.05, 0) is 0 Å². The van der Waals surface area contributed by atoms with E-state index in [4.69, 9.17) is 21.1 Å². The molecule has 1 heterocycles. The number of aliphatic hydroxyl groups excluding tert-OH is 3. The zero-order valence-corrected chi connectivity index (χ0v) is 7.89. The molecule has 1 aliphatic heterocycles. The maximum atomic E-state index is 9.35. The van der Waals surface area contributed by atoms with Crippen LogP contribution in [0.3, 0.4) is 0 Å². The lowest BCUT2D eigenvalue weighted by atomic mass is 10.00. The van der Waals surface area contributed by atoms with Crippen LogP contribution in [0.25, 0.3) is 0 Å². The van der Waals surface area contributed by atoms with Crippen LogP contribution in [0, 0.1) is 0 Å². The summed E-state index contributed by atoms with van der Waals surface area (Å²) >= 11 is 5.48. The monoisotopic (exact) mass is 212 g/mol. The molecule has 0 radical (unpaired) electrons. The van der Waals surface area contributed by atoms with Gasteiger partial charge in [0.1, 0.15) is 24.4 Å². The fourth-order valence-corrected chi connectivity index (χ4v) is 1.49. The van der Waals surface area contributed by atoms with Crippen molar-refractivity contribution in [2.24, 2.45) is 0 Å². The van der Waals surface area contributed by atoms with Crippen molar-refractivity contribution in [2.45, 2.75) is 30.7 Å². The molecular formula is C7H13ClO5. The fourth-order valence-electron chi connectivity index (χ4n) is 1.24. The second-order valence-electron chi connectivity index (χ2n) is 2.90. The number of halogens is 1. The van der Waals surface area contributed by atoms with E-state index in [-0.39, 0.29) is 5.88 Å². The number of aliphatic hydroxyl groups is 3. The van der Waals surface area contributed by atoms with Gasteiger partial charge in [-0.1, -0.05) is 0 Å². The van der Waals surface area contributed by atoms with E-state index in [2.05, 4.69) is 0 Å². The number of ether oxygens (including phenoxy) is 2. The summed E-state index contributed by atoms with van der Waals surface area (Å²) in [5.41, 5.74) is 0. The van der Waals surface area contributed by atoms with Gasteiger partial charge in [-0.2, -0.15) is 0 Å². The molecule has 5 nitrogen and oxygen atoms in total. The predicted molar refractivity (Wildman–Crippen MR) is 44.4 cm³/mol. The summed E-state index contributed by atoms with van der Waals surface area (Å²) in [4.78, 5) is 0. The Hall–Kier alpha value is 0.0900. The van der Waals surface area contributed by atoms with Crippen molar-refractivity contribution in [3.63, 3.8) is 0 Å². The molecule has 13 heavy (non-hydrogen) atoms. The van der Waals surface area contributed by atoms with E-state index < -0.39 is 30.7 Å². The molecule has 5 atom stereocenters. The topological polar surface area (TPSA) is 79.2 Å². The maximum Gasteiger partial charge on any atom is 0.186 e. The Kier molecular flexibility index (Phi) is 3.90. The SMILES string of the molecule is CO[C@@H]1O[C@@H](CCl)[C@@H](O)[C@@H](O)[C@H]1O. The second kappa shape index (κ2) is 4.54. The lowest BCUT2D eigenvalue weighted by Gasteiger charge is -2.38. The average molecular weight is 213 g/mol. The summed E-state index contributed by atoms with van der Waals surface area (Å²) in [6, 6.07) is 0. The summed E-state index contributed by atoms with van der Waals surface area (Å²) in [5.74, 6) is 0.0325. The second-order valence-corrected chi connectivity index (χ2v) is 3.21. The Balaban J connectivity index is 2.66. The number of hydrogen-bond acceptors (Lipinski definition) is 5. The minimum absolute atomic E-state index is 0.0325. The molecule has 1 fully saturated rings. The third-order valence-corrected chi connectivity index (χ3v) is 2.36. The number of hydrogen-bond donors (Lipinski definition) is 3. The van der Waals surface area contributed by atoms with Gasteiger partial charge >= 0.3 is 0 Å². The van der Waals surface area contributed by atoms with Crippen LogP contribution in [0.5, 0.6) is 0 Å². The highest BCUT2D eigenvalue weighted by molar-refractivity contribution is 6.18. The molecule has 0 spiro atoms. The molecule has 0 aromatic carbocycles. The summed E-state index contributed by atoms with van der Waals surface area (Å²) < 4.78 is 9.82. The van der Waals surface area contributed by atoms with Gasteiger partial charge in [0.2, 0.25) is 0 Å². The third kappa shape index (κ3) is 2.12. The van der Waals surface area contributed by atoms with Crippen LogP contribution >= 0.6 is 11.6 Å². The minimum atomic E-state index is -1.29. The highest BCUT2D eigenvalue weighted by atomic mass is 35.5. The molecule has 0 bridgehead atoms. The van der Waals surface area contributed by atoms with Crippen LogP contribution in [0.2, 0.25) is 0 Å². The van der Waals surface area contributed by atoms with Gasteiger partial charge in [0.25, 0.3) is 0 Å². The van der Waals surface area contributed by atoms with Crippen molar-refractivity contribution in [2.75, 3.05) is 13.0 Å². The molecule has 0 aromatic heterocycles. The molecule has 0 amide bonds. The van der Waals surface area contributed by atoms with Gasteiger partial charge < -0.3 is 24.8 Å². The predicted octanol–water partition coefficient (Wildman–Crippen LogP) is -1.32. The highest BCUT2D eigenvalue weighted by Crippen LogP contribution is 2.22. The van der Waals surface area contributed by atoms with E-state index in [1.54, 1.807) is 0 Å². The normalized spacial score (nSPS) is 46.4. The number of rotatable bonds is 2. The van der Waals surface area contributed by atoms with Gasteiger partial charge in [0.05, 0.1) is 5.88 Å². The number of alkyl halides is 1. The summed E-state index contributed by atoms with van der Waals surface area (Å²) in [6.45, 7) is 0. The molecule has 0 saturated carbocycles. The first-order chi connectivity index (χ1) is 6.11. The summed E-state index contributed by atoms with van der Waals surface area (Å²) in [7, 11) is 1.34. The van der Waals surface area contributed by atoms with Crippen LogP contribution < -0.4 is 0 Å². The van der Waals surface area contributed by atoms with E-state index in [9.17, 15) is 15.3 Å². The Bertz CT molecular complexity index is 147. The molecule has 0 unspecified atom stereocenters. The lowest BCUT2D eigenvalue weighted by Crippen LogP contribution is -2.58. The van der Waals surface area contributed by atoms with Gasteiger partial charge in [0.15, 0.2) is 6.29 Å². The Morgan fingerprint density at radius 2 is 1.85 bits per heavy atom. The van der Waals surface area contributed by atoms with Crippen LogP contribution in [-0.2, 0) is 9.47 Å². The zero-order chi connectivity index (χ0) is 10.0. The van der Waals surface area contributed by atoms with Gasteiger partial charge in [-0.25, -0.2) is 0 Å². The van der Waals surface area contributed by atoms with Crippen molar-refractivity contribution < 1.29 is 24.8 Å². The average Bonchev–Trinajstić information content (AvgIpc) is 2.15. The molecule has 0 aliphatic carbocycles. The third-order valence-electron chi connectivity index (χ3n) is 2.05. The minimum Gasteiger partial charge on any atom is -0.388 e. The van der Waals surface area contributed by atoms with Crippen molar-refractivity contribution in [3.8, 4) is 0 Å². The van der Waals surface area contributed by atoms with Crippen molar-refractivity contribution in [3.05, 3.63) is 0 Å².